The maximum Gasteiger partial charge on any atom is 0.253 e. The molecule has 1 amide bonds. The minimum absolute atomic E-state index is 0.00385. The molecule has 0 saturated heterocycles. The van der Waals surface area contributed by atoms with Crippen molar-refractivity contribution in [3.05, 3.63) is 51.6 Å². The van der Waals surface area contributed by atoms with E-state index in [0.29, 0.717) is 27.9 Å². The standard InChI is InChI=1S/C23H27ClFN5OS/c1-13-7-9-16(10-8-13)27-21(31)12-32-23-28-22-26-14(2)17(15(3)30(22)29-23)11-18-19(24)5-4-6-20(18)25/h4-6,13,16H,7-12H2,1-3H3,(H,27,31). The highest BCUT2D eigenvalue weighted by Crippen LogP contribution is 2.26. The maximum absolute atomic E-state index is 14.3. The fraction of sp³-hybridized carbons (Fsp3) is 0.478. The van der Waals surface area contributed by atoms with Gasteiger partial charge in [0.25, 0.3) is 5.78 Å². The molecule has 3 aromatic rings. The van der Waals surface area contributed by atoms with Gasteiger partial charge in [-0.25, -0.2) is 13.9 Å². The second-order valence-electron chi connectivity index (χ2n) is 8.56. The first-order valence-electron chi connectivity index (χ1n) is 10.9. The lowest BCUT2D eigenvalue weighted by Gasteiger charge is -2.26. The van der Waals surface area contributed by atoms with Crippen molar-refractivity contribution in [2.24, 2.45) is 5.92 Å². The number of benzene rings is 1. The Morgan fingerprint density at radius 3 is 2.69 bits per heavy atom. The molecule has 32 heavy (non-hydrogen) atoms. The number of rotatable bonds is 6. The zero-order chi connectivity index (χ0) is 22.8. The molecule has 0 radical (unpaired) electrons. The molecule has 6 nitrogen and oxygen atoms in total. The van der Waals surface area contributed by atoms with Crippen molar-refractivity contribution in [1.29, 1.82) is 0 Å². The minimum Gasteiger partial charge on any atom is -0.353 e. The Hall–Kier alpha value is -2.19. The van der Waals surface area contributed by atoms with E-state index in [1.165, 1.54) is 17.8 Å². The Balaban J connectivity index is 1.47. The summed E-state index contributed by atoms with van der Waals surface area (Å²) in [7, 11) is 0. The Kier molecular flexibility index (Phi) is 7.00. The summed E-state index contributed by atoms with van der Waals surface area (Å²) >= 11 is 7.51. The molecule has 1 aliphatic rings. The van der Waals surface area contributed by atoms with Gasteiger partial charge in [0.1, 0.15) is 5.82 Å². The number of thioether (sulfide) groups is 1. The summed E-state index contributed by atoms with van der Waals surface area (Å²) < 4.78 is 16.0. The second kappa shape index (κ2) is 9.75. The van der Waals surface area contributed by atoms with Crippen molar-refractivity contribution >= 4 is 35.0 Å². The first kappa shape index (κ1) is 23.0. The van der Waals surface area contributed by atoms with Gasteiger partial charge in [-0.1, -0.05) is 36.4 Å². The number of carbonyl (C=O) groups is 1. The molecule has 1 N–H and O–H groups in total. The Morgan fingerprint density at radius 2 is 1.97 bits per heavy atom. The molecular weight excluding hydrogens is 449 g/mol. The Morgan fingerprint density at radius 1 is 1.22 bits per heavy atom. The Bertz CT molecular complexity index is 1120. The molecule has 170 valence electrons. The van der Waals surface area contributed by atoms with Crippen LogP contribution in [-0.4, -0.2) is 37.3 Å². The lowest BCUT2D eigenvalue weighted by Crippen LogP contribution is -2.38. The third kappa shape index (κ3) is 5.07. The molecule has 0 aliphatic heterocycles. The molecule has 1 saturated carbocycles. The van der Waals surface area contributed by atoms with Gasteiger partial charge in [-0.3, -0.25) is 4.79 Å². The van der Waals surface area contributed by atoms with E-state index < -0.39 is 0 Å². The maximum atomic E-state index is 14.3. The number of halogens is 2. The Labute approximate surface area is 196 Å². The van der Waals surface area contributed by atoms with Gasteiger partial charge in [0.2, 0.25) is 11.1 Å². The van der Waals surface area contributed by atoms with Crippen molar-refractivity contribution in [3.63, 3.8) is 0 Å². The summed E-state index contributed by atoms with van der Waals surface area (Å²) in [5.74, 6) is 1.14. The van der Waals surface area contributed by atoms with E-state index >= 15 is 0 Å². The van der Waals surface area contributed by atoms with E-state index in [0.717, 1.165) is 48.6 Å². The van der Waals surface area contributed by atoms with Gasteiger partial charge in [0, 0.05) is 34.4 Å². The van der Waals surface area contributed by atoms with E-state index in [-0.39, 0.29) is 23.5 Å². The quantitative estimate of drug-likeness (QED) is 0.513. The fourth-order valence-corrected chi connectivity index (χ4v) is 5.05. The monoisotopic (exact) mass is 475 g/mol. The smallest absolute Gasteiger partial charge is 0.253 e. The van der Waals surface area contributed by atoms with Crippen LogP contribution in [0.3, 0.4) is 0 Å². The zero-order valence-corrected chi connectivity index (χ0v) is 20.1. The van der Waals surface area contributed by atoms with E-state index in [2.05, 4.69) is 27.3 Å². The average molecular weight is 476 g/mol. The molecule has 1 aromatic carbocycles. The SMILES string of the molecule is Cc1nc2nc(SCC(=O)NC3CCC(C)CC3)nn2c(C)c1Cc1c(F)cccc1Cl. The molecule has 2 heterocycles. The van der Waals surface area contributed by atoms with Gasteiger partial charge in [-0.05, 0) is 63.1 Å². The number of nitrogens with zero attached hydrogens (tertiary/aromatic N) is 4. The highest BCUT2D eigenvalue weighted by Gasteiger charge is 2.21. The lowest BCUT2D eigenvalue weighted by atomic mass is 9.87. The van der Waals surface area contributed by atoms with Crippen LogP contribution in [0, 0.1) is 25.6 Å². The molecule has 0 bridgehead atoms. The fourth-order valence-electron chi connectivity index (χ4n) is 4.19. The van der Waals surface area contributed by atoms with Gasteiger partial charge in [0.15, 0.2) is 0 Å². The second-order valence-corrected chi connectivity index (χ2v) is 9.91. The van der Waals surface area contributed by atoms with E-state index in [1.54, 1.807) is 16.6 Å². The third-order valence-corrected chi connectivity index (χ3v) is 7.35. The number of hydrogen-bond donors (Lipinski definition) is 1. The first-order chi connectivity index (χ1) is 15.3. The highest BCUT2D eigenvalue weighted by atomic mass is 35.5. The molecule has 9 heteroatoms. The summed E-state index contributed by atoms with van der Waals surface area (Å²) in [4.78, 5) is 21.4. The third-order valence-electron chi connectivity index (χ3n) is 6.16. The van der Waals surface area contributed by atoms with Crippen molar-refractivity contribution in [2.45, 2.75) is 64.1 Å². The van der Waals surface area contributed by atoms with Crippen LogP contribution in [-0.2, 0) is 11.2 Å². The van der Waals surface area contributed by atoms with Gasteiger partial charge in [-0.15, -0.1) is 5.10 Å². The molecule has 0 spiro atoms. The zero-order valence-electron chi connectivity index (χ0n) is 18.5. The van der Waals surface area contributed by atoms with Crippen LogP contribution in [0.15, 0.2) is 23.4 Å². The average Bonchev–Trinajstić information content (AvgIpc) is 3.16. The topological polar surface area (TPSA) is 72.2 Å². The molecule has 2 aromatic heterocycles. The van der Waals surface area contributed by atoms with Crippen molar-refractivity contribution in [3.8, 4) is 0 Å². The number of aromatic nitrogens is 4. The lowest BCUT2D eigenvalue weighted by molar-refractivity contribution is -0.119. The molecule has 1 aliphatic carbocycles. The van der Waals surface area contributed by atoms with Crippen LogP contribution in [0.25, 0.3) is 5.78 Å². The largest absolute Gasteiger partial charge is 0.353 e. The van der Waals surface area contributed by atoms with E-state index in [1.807, 2.05) is 13.8 Å². The van der Waals surface area contributed by atoms with Crippen LogP contribution >= 0.6 is 23.4 Å². The van der Waals surface area contributed by atoms with Crippen LogP contribution in [0.4, 0.5) is 4.39 Å². The first-order valence-corrected chi connectivity index (χ1v) is 12.3. The van der Waals surface area contributed by atoms with Gasteiger partial charge in [-0.2, -0.15) is 4.98 Å². The summed E-state index contributed by atoms with van der Waals surface area (Å²) in [5, 5.41) is 8.53. The molecule has 0 unspecified atom stereocenters. The number of amides is 1. The number of carbonyl (C=O) groups excluding carboxylic acids is 1. The van der Waals surface area contributed by atoms with Gasteiger partial charge < -0.3 is 5.32 Å². The predicted molar refractivity (Wildman–Crippen MR) is 125 cm³/mol. The van der Waals surface area contributed by atoms with Crippen LogP contribution in [0.5, 0.6) is 0 Å². The summed E-state index contributed by atoms with van der Waals surface area (Å²) in [5.41, 5.74) is 2.87. The van der Waals surface area contributed by atoms with Crippen LogP contribution in [0.2, 0.25) is 5.02 Å². The number of aryl methyl sites for hydroxylation is 2. The summed E-state index contributed by atoms with van der Waals surface area (Å²) in [6.45, 7) is 6.04. The minimum atomic E-state index is -0.343. The molecular formula is C23H27ClFN5OS. The molecule has 4 rings (SSSR count). The van der Waals surface area contributed by atoms with Crippen molar-refractivity contribution in [2.75, 3.05) is 5.75 Å². The van der Waals surface area contributed by atoms with Crippen molar-refractivity contribution < 1.29 is 9.18 Å². The molecule has 1 fully saturated rings. The number of nitrogens with one attached hydrogen (secondary N) is 1. The summed E-state index contributed by atoms with van der Waals surface area (Å²) in [6, 6.07) is 4.95. The van der Waals surface area contributed by atoms with Gasteiger partial charge >= 0.3 is 0 Å². The van der Waals surface area contributed by atoms with Crippen molar-refractivity contribution in [1.82, 2.24) is 24.9 Å². The highest BCUT2D eigenvalue weighted by molar-refractivity contribution is 7.99. The summed E-state index contributed by atoms with van der Waals surface area (Å²) in [6.07, 6.45) is 4.73. The van der Waals surface area contributed by atoms with E-state index in [4.69, 9.17) is 11.6 Å². The predicted octanol–water partition coefficient (Wildman–Crippen LogP) is 4.91. The van der Waals surface area contributed by atoms with Crippen LogP contribution in [0.1, 0.15) is 55.1 Å². The number of hydrogen-bond acceptors (Lipinski definition) is 5. The molecule has 0 atom stereocenters. The van der Waals surface area contributed by atoms with Gasteiger partial charge in [0.05, 0.1) is 5.75 Å². The van der Waals surface area contributed by atoms with Crippen LogP contribution < -0.4 is 5.32 Å². The normalized spacial score (nSPS) is 18.8. The number of fused-ring (bicyclic) bond motifs is 1. The van der Waals surface area contributed by atoms with E-state index in [9.17, 15) is 9.18 Å².